The van der Waals surface area contributed by atoms with Crippen LogP contribution in [0.3, 0.4) is 0 Å². The summed E-state index contributed by atoms with van der Waals surface area (Å²) in [5.74, 6) is 0. The second-order valence-electron chi connectivity index (χ2n) is 6.73. The van der Waals surface area contributed by atoms with Crippen molar-refractivity contribution in [2.24, 2.45) is 5.41 Å². The number of ether oxygens (including phenoxy) is 1. The molecule has 21 heavy (non-hydrogen) atoms. The summed E-state index contributed by atoms with van der Waals surface area (Å²) in [6.45, 7) is 14.8. The van der Waals surface area contributed by atoms with Crippen molar-refractivity contribution in [1.82, 2.24) is 0 Å². The highest BCUT2D eigenvalue weighted by Gasteiger charge is 2.48. The standard InChI is InChI=1S/C20H42O/c1-7-13-16-19(10-4,11-5)20(21-12-6,17-14-8-2)18-15-9-3/h7-18H2,1-6H3. The number of hydrogen-bond donors (Lipinski definition) is 0. The lowest BCUT2D eigenvalue weighted by atomic mass is 9.61. The van der Waals surface area contributed by atoms with Crippen LogP contribution in [0.2, 0.25) is 0 Å². The second-order valence-corrected chi connectivity index (χ2v) is 6.73. The van der Waals surface area contributed by atoms with E-state index >= 15 is 0 Å². The molecule has 0 aliphatic heterocycles. The first-order chi connectivity index (χ1) is 10.1. The van der Waals surface area contributed by atoms with Gasteiger partial charge in [-0.3, -0.25) is 0 Å². The van der Waals surface area contributed by atoms with E-state index in [0.29, 0.717) is 5.41 Å². The summed E-state index contributed by atoms with van der Waals surface area (Å²) < 4.78 is 6.58. The van der Waals surface area contributed by atoms with Crippen LogP contribution in [0.1, 0.15) is 112 Å². The predicted molar refractivity (Wildman–Crippen MR) is 95.9 cm³/mol. The van der Waals surface area contributed by atoms with E-state index in [0.717, 1.165) is 6.61 Å². The van der Waals surface area contributed by atoms with Gasteiger partial charge in [0.25, 0.3) is 0 Å². The number of rotatable bonds is 14. The Morgan fingerprint density at radius 3 is 1.38 bits per heavy atom. The maximum atomic E-state index is 6.58. The minimum atomic E-state index is 0.118. The maximum Gasteiger partial charge on any atom is 0.0738 e. The summed E-state index contributed by atoms with van der Waals surface area (Å²) in [6, 6.07) is 0. The van der Waals surface area contributed by atoms with Gasteiger partial charge in [0.05, 0.1) is 5.60 Å². The van der Waals surface area contributed by atoms with Gasteiger partial charge in [-0.2, -0.15) is 0 Å². The van der Waals surface area contributed by atoms with Crippen LogP contribution < -0.4 is 0 Å². The van der Waals surface area contributed by atoms with Crippen LogP contribution in [0, 0.1) is 5.41 Å². The molecule has 0 rings (SSSR count). The Labute approximate surface area is 135 Å². The molecule has 0 bridgehead atoms. The van der Waals surface area contributed by atoms with Gasteiger partial charge in [-0.15, -0.1) is 0 Å². The molecule has 0 N–H and O–H groups in total. The third kappa shape index (κ3) is 5.58. The van der Waals surface area contributed by atoms with Crippen molar-refractivity contribution < 1.29 is 4.74 Å². The average Bonchev–Trinajstić information content (AvgIpc) is 2.52. The van der Waals surface area contributed by atoms with Gasteiger partial charge in [0, 0.05) is 6.61 Å². The fourth-order valence-corrected chi connectivity index (χ4v) is 4.14. The summed E-state index contributed by atoms with van der Waals surface area (Å²) in [6.07, 6.45) is 14.2. The first-order valence-electron chi connectivity index (χ1n) is 9.75. The summed E-state index contributed by atoms with van der Waals surface area (Å²) in [5.41, 5.74) is 0.496. The summed E-state index contributed by atoms with van der Waals surface area (Å²) in [7, 11) is 0. The van der Waals surface area contributed by atoms with E-state index in [1.54, 1.807) is 0 Å². The van der Waals surface area contributed by atoms with Gasteiger partial charge in [-0.05, 0) is 44.4 Å². The molecule has 0 radical (unpaired) electrons. The molecule has 0 amide bonds. The van der Waals surface area contributed by atoms with Gasteiger partial charge < -0.3 is 4.74 Å². The molecule has 0 atom stereocenters. The molecule has 0 aromatic rings. The molecule has 0 heterocycles. The van der Waals surface area contributed by atoms with Gasteiger partial charge >= 0.3 is 0 Å². The van der Waals surface area contributed by atoms with Crippen LogP contribution in [0.15, 0.2) is 0 Å². The molecule has 0 aliphatic carbocycles. The van der Waals surface area contributed by atoms with Crippen molar-refractivity contribution in [2.75, 3.05) is 6.61 Å². The molecule has 0 unspecified atom stereocenters. The third-order valence-electron chi connectivity index (χ3n) is 5.62. The Morgan fingerprint density at radius 1 is 0.619 bits per heavy atom. The van der Waals surface area contributed by atoms with Crippen LogP contribution in [0.4, 0.5) is 0 Å². The number of unbranched alkanes of at least 4 members (excludes halogenated alkanes) is 3. The lowest BCUT2D eigenvalue weighted by Crippen LogP contribution is -2.50. The van der Waals surface area contributed by atoms with Crippen molar-refractivity contribution in [3.05, 3.63) is 0 Å². The molecule has 1 nitrogen and oxygen atoms in total. The fourth-order valence-electron chi connectivity index (χ4n) is 4.14. The summed E-state index contributed by atoms with van der Waals surface area (Å²) in [5, 5.41) is 0. The highest BCUT2D eigenvalue weighted by atomic mass is 16.5. The van der Waals surface area contributed by atoms with Crippen molar-refractivity contribution in [3.8, 4) is 0 Å². The Hall–Kier alpha value is -0.0400. The van der Waals surface area contributed by atoms with Gasteiger partial charge in [0.1, 0.15) is 0 Å². The van der Waals surface area contributed by atoms with E-state index in [-0.39, 0.29) is 5.60 Å². The van der Waals surface area contributed by atoms with Crippen molar-refractivity contribution in [2.45, 2.75) is 118 Å². The van der Waals surface area contributed by atoms with Crippen molar-refractivity contribution >= 4 is 0 Å². The van der Waals surface area contributed by atoms with E-state index in [2.05, 4.69) is 41.5 Å². The molecule has 0 fully saturated rings. The Kier molecular flexibility index (Phi) is 11.5. The average molecular weight is 299 g/mol. The summed E-state index contributed by atoms with van der Waals surface area (Å²) in [4.78, 5) is 0. The van der Waals surface area contributed by atoms with Gasteiger partial charge in [-0.25, -0.2) is 0 Å². The second kappa shape index (κ2) is 11.5. The molecule has 0 aromatic heterocycles. The Balaban J connectivity index is 5.47. The highest BCUT2D eigenvalue weighted by molar-refractivity contribution is 4.99. The zero-order chi connectivity index (χ0) is 16.2. The Bertz CT molecular complexity index is 222. The van der Waals surface area contributed by atoms with Crippen molar-refractivity contribution in [3.63, 3.8) is 0 Å². The largest absolute Gasteiger partial charge is 0.375 e. The fraction of sp³-hybridized carbons (Fsp3) is 1.00. The molecule has 0 aromatic carbocycles. The summed E-state index contributed by atoms with van der Waals surface area (Å²) >= 11 is 0. The lowest BCUT2D eigenvalue weighted by Gasteiger charge is -2.51. The smallest absolute Gasteiger partial charge is 0.0738 e. The van der Waals surface area contributed by atoms with Crippen LogP contribution >= 0.6 is 0 Å². The van der Waals surface area contributed by atoms with Gasteiger partial charge in [-0.1, -0.05) is 73.1 Å². The molecule has 0 saturated carbocycles. The minimum Gasteiger partial charge on any atom is -0.375 e. The first kappa shape index (κ1) is 21.0. The first-order valence-corrected chi connectivity index (χ1v) is 9.75. The van der Waals surface area contributed by atoms with Crippen LogP contribution in [0.25, 0.3) is 0 Å². The van der Waals surface area contributed by atoms with Crippen molar-refractivity contribution in [1.29, 1.82) is 0 Å². The predicted octanol–water partition coefficient (Wildman–Crippen LogP) is 7.14. The minimum absolute atomic E-state index is 0.118. The lowest BCUT2D eigenvalue weighted by molar-refractivity contribution is -0.153. The zero-order valence-corrected chi connectivity index (χ0v) is 15.9. The molecule has 1 heteroatoms. The SMILES string of the molecule is CCCCC(CC)(CC)C(CCCC)(CCCC)OCC. The Morgan fingerprint density at radius 2 is 1.05 bits per heavy atom. The topological polar surface area (TPSA) is 9.23 Å². The molecule has 0 spiro atoms. The van der Waals surface area contributed by atoms with Crippen LogP contribution in [-0.2, 0) is 4.74 Å². The molecular formula is C20H42O. The van der Waals surface area contributed by atoms with E-state index in [4.69, 9.17) is 4.74 Å². The third-order valence-corrected chi connectivity index (χ3v) is 5.62. The quantitative estimate of drug-likeness (QED) is 0.331. The van der Waals surface area contributed by atoms with Crippen LogP contribution in [0.5, 0.6) is 0 Å². The highest BCUT2D eigenvalue weighted by Crippen LogP contribution is 2.50. The van der Waals surface area contributed by atoms with E-state index in [9.17, 15) is 0 Å². The van der Waals surface area contributed by atoms with E-state index < -0.39 is 0 Å². The molecular weight excluding hydrogens is 256 g/mol. The molecule has 0 aliphatic rings. The van der Waals surface area contributed by atoms with E-state index in [1.807, 2.05) is 0 Å². The molecule has 128 valence electrons. The van der Waals surface area contributed by atoms with Crippen LogP contribution in [-0.4, -0.2) is 12.2 Å². The number of hydrogen-bond acceptors (Lipinski definition) is 1. The van der Waals surface area contributed by atoms with Gasteiger partial charge in [0.2, 0.25) is 0 Å². The maximum absolute atomic E-state index is 6.58. The van der Waals surface area contributed by atoms with E-state index in [1.165, 1.54) is 70.6 Å². The normalized spacial score (nSPS) is 12.9. The monoisotopic (exact) mass is 298 g/mol. The zero-order valence-electron chi connectivity index (χ0n) is 15.9. The molecule has 0 saturated heterocycles. The van der Waals surface area contributed by atoms with Gasteiger partial charge in [0.15, 0.2) is 0 Å².